The zero-order valence-corrected chi connectivity index (χ0v) is 16.4. The van der Waals surface area contributed by atoms with Crippen molar-refractivity contribution in [2.75, 3.05) is 24.4 Å². The van der Waals surface area contributed by atoms with E-state index in [0.717, 1.165) is 0 Å². The topological polar surface area (TPSA) is 124 Å². The highest BCUT2D eigenvalue weighted by Gasteiger charge is 2.18. The van der Waals surface area contributed by atoms with Gasteiger partial charge in [0.1, 0.15) is 0 Å². The number of amides is 2. The van der Waals surface area contributed by atoms with Crippen LogP contribution in [-0.2, 0) is 14.3 Å². The van der Waals surface area contributed by atoms with E-state index in [-0.39, 0.29) is 28.3 Å². The molecule has 0 aliphatic rings. The molecule has 3 rings (SSSR count). The van der Waals surface area contributed by atoms with Crippen LogP contribution in [-0.4, -0.2) is 37.5 Å². The molecule has 0 bridgehead atoms. The van der Waals surface area contributed by atoms with Crippen molar-refractivity contribution >= 4 is 35.1 Å². The lowest BCUT2D eigenvalue weighted by Crippen LogP contribution is -2.23. The molecule has 0 atom stereocenters. The zero-order chi connectivity index (χ0) is 22.2. The van der Waals surface area contributed by atoms with Crippen molar-refractivity contribution in [3.63, 3.8) is 0 Å². The Balaban J connectivity index is 1.63. The van der Waals surface area contributed by atoms with E-state index < -0.39 is 30.4 Å². The summed E-state index contributed by atoms with van der Waals surface area (Å²) in [6, 6.07) is 15.5. The van der Waals surface area contributed by atoms with E-state index in [0.29, 0.717) is 0 Å². The Labute approximate surface area is 177 Å². The van der Waals surface area contributed by atoms with Gasteiger partial charge in [-0.1, -0.05) is 24.3 Å². The van der Waals surface area contributed by atoms with Gasteiger partial charge in [-0.25, -0.2) is 9.59 Å². The van der Waals surface area contributed by atoms with Crippen LogP contribution in [0.3, 0.4) is 0 Å². The average molecular weight is 422 g/mol. The van der Waals surface area contributed by atoms with Gasteiger partial charge in [-0.15, -0.1) is 0 Å². The second kappa shape index (κ2) is 9.88. The van der Waals surface area contributed by atoms with Gasteiger partial charge < -0.3 is 24.5 Å². The maximum Gasteiger partial charge on any atom is 0.340 e. The number of hydrogen-bond donors (Lipinski definition) is 2. The summed E-state index contributed by atoms with van der Waals surface area (Å²) in [5.41, 5.74) is 0.646. The number of hydrogen-bond acceptors (Lipinski definition) is 7. The van der Waals surface area contributed by atoms with Gasteiger partial charge in [0.2, 0.25) is 0 Å². The van der Waals surface area contributed by atoms with Crippen molar-refractivity contribution in [1.29, 1.82) is 0 Å². The number of nitrogens with one attached hydrogen (secondary N) is 2. The first-order valence-electron chi connectivity index (χ1n) is 9.08. The van der Waals surface area contributed by atoms with E-state index in [4.69, 9.17) is 9.15 Å². The number of benzene rings is 2. The summed E-state index contributed by atoms with van der Waals surface area (Å²) >= 11 is 0. The molecule has 0 fully saturated rings. The Morgan fingerprint density at radius 2 is 1.42 bits per heavy atom. The molecule has 9 heteroatoms. The molecule has 0 aliphatic heterocycles. The Morgan fingerprint density at radius 1 is 0.806 bits per heavy atom. The van der Waals surface area contributed by atoms with Gasteiger partial charge in [0.05, 0.1) is 35.9 Å². The van der Waals surface area contributed by atoms with Gasteiger partial charge in [-0.3, -0.25) is 9.59 Å². The molecule has 0 spiro atoms. The monoisotopic (exact) mass is 422 g/mol. The first kappa shape index (κ1) is 21.3. The number of anilines is 2. The lowest BCUT2D eigenvalue weighted by molar-refractivity contribution is -0.119. The lowest BCUT2D eigenvalue weighted by Gasteiger charge is -2.11. The third-order valence-electron chi connectivity index (χ3n) is 4.08. The molecular formula is C22H18N2O7. The molecule has 9 nitrogen and oxygen atoms in total. The van der Waals surface area contributed by atoms with Gasteiger partial charge in [-0.2, -0.15) is 0 Å². The van der Waals surface area contributed by atoms with Gasteiger partial charge in [0.15, 0.2) is 12.4 Å². The second-order valence-electron chi connectivity index (χ2n) is 6.14. The molecule has 0 saturated carbocycles. The molecular weight excluding hydrogens is 404 g/mol. The first-order chi connectivity index (χ1) is 15.0. The molecule has 0 radical (unpaired) electrons. The SMILES string of the molecule is COC(=O)c1ccccc1NC(=O)COC(=O)c1ccccc1NC(=O)c1ccco1. The first-order valence-corrected chi connectivity index (χ1v) is 9.08. The van der Waals surface area contributed by atoms with Crippen LogP contribution in [0.4, 0.5) is 11.4 Å². The second-order valence-corrected chi connectivity index (χ2v) is 6.14. The normalized spacial score (nSPS) is 10.1. The predicted octanol–water partition coefficient (Wildman–Crippen LogP) is 3.11. The highest BCUT2D eigenvalue weighted by molar-refractivity contribution is 6.07. The van der Waals surface area contributed by atoms with E-state index in [9.17, 15) is 19.2 Å². The van der Waals surface area contributed by atoms with E-state index in [1.54, 1.807) is 30.3 Å². The van der Waals surface area contributed by atoms with Crippen LogP contribution in [0.1, 0.15) is 31.3 Å². The number of esters is 2. The molecule has 0 saturated heterocycles. The Kier molecular flexibility index (Phi) is 6.79. The van der Waals surface area contributed by atoms with E-state index in [1.165, 1.54) is 43.7 Å². The molecule has 0 unspecified atom stereocenters. The van der Waals surface area contributed by atoms with Gasteiger partial charge in [0.25, 0.3) is 11.8 Å². The summed E-state index contributed by atoms with van der Waals surface area (Å²) in [7, 11) is 1.23. The summed E-state index contributed by atoms with van der Waals surface area (Å²) in [5.74, 6) is -2.54. The molecule has 1 heterocycles. The Morgan fingerprint density at radius 3 is 2.03 bits per heavy atom. The van der Waals surface area contributed by atoms with Crippen molar-refractivity contribution < 1.29 is 33.1 Å². The average Bonchev–Trinajstić information content (AvgIpc) is 3.33. The summed E-state index contributed by atoms with van der Waals surface area (Å²) in [4.78, 5) is 48.6. The number of carbonyl (C=O) groups is 4. The number of para-hydroxylation sites is 2. The van der Waals surface area contributed by atoms with Gasteiger partial charge in [0, 0.05) is 0 Å². The van der Waals surface area contributed by atoms with Crippen LogP contribution in [0.25, 0.3) is 0 Å². The third kappa shape index (κ3) is 5.36. The third-order valence-corrected chi connectivity index (χ3v) is 4.08. The summed E-state index contributed by atoms with van der Waals surface area (Å²) < 4.78 is 14.8. The maximum absolute atomic E-state index is 12.5. The van der Waals surface area contributed by atoms with Crippen LogP contribution in [0.5, 0.6) is 0 Å². The van der Waals surface area contributed by atoms with Crippen LogP contribution in [0, 0.1) is 0 Å². The lowest BCUT2D eigenvalue weighted by atomic mass is 10.1. The van der Waals surface area contributed by atoms with E-state index in [2.05, 4.69) is 15.4 Å². The fourth-order valence-electron chi connectivity index (χ4n) is 2.64. The minimum absolute atomic E-state index is 0.0603. The van der Waals surface area contributed by atoms with Gasteiger partial charge in [-0.05, 0) is 36.4 Å². The van der Waals surface area contributed by atoms with Crippen molar-refractivity contribution in [3.05, 3.63) is 83.8 Å². The molecule has 158 valence electrons. The number of ether oxygens (including phenoxy) is 2. The smallest absolute Gasteiger partial charge is 0.340 e. The highest BCUT2D eigenvalue weighted by atomic mass is 16.5. The number of furan rings is 1. The van der Waals surface area contributed by atoms with Crippen molar-refractivity contribution in [2.24, 2.45) is 0 Å². The zero-order valence-electron chi connectivity index (χ0n) is 16.4. The quantitative estimate of drug-likeness (QED) is 0.561. The molecule has 0 aliphatic carbocycles. The minimum Gasteiger partial charge on any atom is -0.465 e. The molecule has 2 N–H and O–H groups in total. The summed E-state index contributed by atoms with van der Waals surface area (Å²) in [5, 5.41) is 5.06. The molecule has 3 aromatic rings. The predicted molar refractivity (Wildman–Crippen MR) is 110 cm³/mol. The number of rotatable bonds is 7. The van der Waals surface area contributed by atoms with E-state index >= 15 is 0 Å². The largest absolute Gasteiger partial charge is 0.465 e. The molecule has 2 amide bonds. The van der Waals surface area contributed by atoms with Gasteiger partial charge >= 0.3 is 11.9 Å². The minimum atomic E-state index is -0.813. The van der Waals surface area contributed by atoms with Crippen LogP contribution in [0.2, 0.25) is 0 Å². The van der Waals surface area contributed by atoms with Crippen LogP contribution < -0.4 is 10.6 Å². The maximum atomic E-state index is 12.5. The standard InChI is InChI=1S/C22H18N2O7/c1-29-21(27)14-7-2-4-9-16(14)23-19(25)13-31-22(28)15-8-3-5-10-17(15)24-20(26)18-11-6-12-30-18/h2-12H,13H2,1H3,(H,23,25)(H,24,26). The Bertz CT molecular complexity index is 1110. The fraction of sp³-hybridized carbons (Fsp3) is 0.0909. The van der Waals surface area contributed by atoms with Crippen molar-refractivity contribution in [3.8, 4) is 0 Å². The van der Waals surface area contributed by atoms with Crippen molar-refractivity contribution in [1.82, 2.24) is 0 Å². The molecule has 2 aromatic carbocycles. The molecule has 1 aromatic heterocycles. The number of carbonyl (C=O) groups excluding carboxylic acids is 4. The highest BCUT2D eigenvalue weighted by Crippen LogP contribution is 2.18. The Hall–Kier alpha value is -4.40. The fourth-order valence-corrected chi connectivity index (χ4v) is 2.64. The summed E-state index contributed by atoms with van der Waals surface area (Å²) in [6.45, 7) is -0.602. The van der Waals surface area contributed by atoms with E-state index in [1.807, 2.05) is 0 Å². The van der Waals surface area contributed by atoms with Crippen molar-refractivity contribution in [2.45, 2.75) is 0 Å². The summed E-state index contributed by atoms with van der Waals surface area (Å²) in [6.07, 6.45) is 1.35. The molecule has 31 heavy (non-hydrogen) atoms. The van der Waals surface area contributed by atoms with Crippen LogP contribution >= 0.6 is 0 Å². The number of methoxy groups -OCH3 is 1. The van der Waals surface area contributed by atoms with Crippen LogP contribution in [0.15, 0.2) is 71.3 Å².